The fourth-order valence-corrected chi connectivity index (χ4v) is 4.10. The van der Waals surface area contributed by atoms with Crippen LogP contribution < -0.4 is 5.32 Å². The number of piperidine rings is 1. The molecule has 1 unspecified atom stereocenters. The van der Waals surface area contributed by atoms with Gasteiger partial charge in [0, 0.05) is 50.5 Å². The molecular weight excluding hydrogens is 359 g/mol. The minimum atomic E-state index is -4.47. The number of halogens is 3. The van der Waals surface area contributed by atoms with Crippen LogP contribution in [0, 0.1) is 5.41 Å². The molecule has 2 aliphatic heterocycles. The first-order valence-electron chi connectivity index (χ1n) is 9.54. The third kappa shape index (κ3) is 4.75. The minimum Gasteiger partial charge on any atom is -0.381 e. The minimum absolute atomic E-state index is 0.0506. The van der Waals surface area contributed by atoms with Crippen LogP contribution >= 0.6 is 0 Å². The molecule has 2 aliphatic rings. The number of nitrogens with one attached hydrogen (secondary N) is 1. The second-order valence-electron chi connectivity index (χ2n) is 7.53. The van der Waals surface area contributed by atoms with Crippen molar-refractivity contribution in [3.63, 3.8) is 0 Å². The van der Waals surface area contributed by atoms with E-state index in [0.29, 0.717) is 12.5 Å². The van der Waals surface area contributed by atoms with E-state index in [1.807, 2.05) is 6.92 Å². The molecular formula is C18H28F3N5O. The Bertz CT molecular complexity index is 659. The fourth-order valence-electron chi connectivity index (χ4n) is 4.10. The smallest absolute Gasteiger partial charge is 0.381 e. The van der Waals surface area contributed by atoms with E-state index in [9.17, 15) is 13.2 Å². The molecule has 0 radical (unpaired) electrons. The SMILES string of the molecule is CCNC(=NCc1cn(C)nc1C(F)(F)F)N1CCCC2(CCCOC2)C1. The van der Waals surface area contributed by atoms with Gasteiger partial charge in [-0.25, -0.2) is 4.99 Å². The van der Waals surface area contributed by atoms with E-state index in [2.05, 4.69) is 20.3 Å². The summed E-state index contributed by atoms with van der Waals surface area (Å²) in [5.41, 5.74) is -0.633. The summed E-state index contributed by atoms with van der Waals surface area (Å²) in [6.45, 7) is 5.83. The van der Waals surface area contributed by atoms with Gasteiger partial charge in [-0.1, -0.05) is 0 Å². The van der Waals surface area contributed by atoms with Crippen LogP contribution in [-0.2, 0) is 24.5 Å². The summed E-state index contributed by atoms with van der Waals surface area (Å²) in [5, 5.41) is 6.79. The van der Waals surface area contributed by atoms with E-state index in [0.717, 1.165) is 52.0 Å². The number of aliphatic imine (C=N–C) groups is 1. The Morgan fingerprint density at radius 3 is 2.81 bits per heavy atom. The standard InChI is InChI=1S/C18H28F3N5O/c1-3-22-16(23-10-14-11-25(2)24-15(14)18(19,20)21)26-8-4-6-17(12-26)7-5-9-27-13-17/h11H,3-10,12-13H2,1-2H3,(H,22,23). The third-order valence-electron chi connectivity index (χ3n) is 5.27. The van der Waals surface area contributed by atoms with Crippen molar-refractivity contribution in [3.05, 3.63) is 17.5 Å². The van der Waals surface area contributed by atoms with Gasteiger partial charge in [-0.05, 0) is 32.6 Å². The maximum absolute atomic E-state index is 13.2. The largest absolute Gasteiger partial charge is 0.435 e. The molecule has 1 aromatic rings. The maximum Gasteiger partial charge on any atom is 0.435 e. The number of likely N-dealkylation sites (tertiary alicyclic amines) is 1. The lowest BCUT2D eigenvalue weighted by molar-refractivity contribution is -0.142. The number of aromatic nitrogens is 2. The number of aryl methyl sites for hydroxylation is 1. The van der Waals surface area contributed by atoms with Crippen molar-refractivity contribution < 1.29 is 17.9 Å². The van der Waals surface area contributed by atoms with E-state index in [4.69, 9.17) is 4.74 Å². The highest BCUT2D eigenvalue weighted by atomic mass is 19.4. The van der Waals surface area contributed by atoms with Crippen LogP contribution in [0.25, 0.3) is 0 Å². The van der Waals surface area contributed by atoms with Crippen LogP contribution in [0.15, 0.2) is 11.2 Å². The van der Waals surface area contributed by atoms with Gasteiger partial charge in [-0.15, -0.1) is 0 Å². The highest BCUT2D eigenvalue weighted by Gasteiger charge is 2.39. The second-order valence-corrected chi connectivity index (χ2v) is 7.53. The summed E-state index contributed by atoms with van der Waals surface area (Å²) in [6, 6.07) is 0. The van der Waals surface area contributed by atoms with Gasteiger partial charge in [0.05, 0.1) is 13.2 Å². The molecule has 0 saturated carbocycles. The summed E-state index contributed by atoms with van der Waals surface area (Å²) >= 11 is 0. The van der Waals surface area contributed by atoms with Crippen molar-refractivity contribution >= 4 is 5.96 Å². The second kappa shape index (κ2) is 8.08. The van der Waals surface area contributed by atoms with E-state index in [1.165, 1.54) is 17.9 Å². The molecule has 152 valence electrons. The molecule has 0 bridgehead atoms. The fraction of sp³-hybridized carbons (Fsp3) is 0.778. The Morgan fingerprint density at radius 1 is 1.37 bits per heavy atom. The van der Waals surface area contributed by atoms with Crippen LogP contribution in [0.5, 0.6) is 0 Å². The number of ether oxygens (including phenoxy) is 1. The normalized spacial score (nSPS) is 24.5. The number of hydrogen-bond donors (Lipinski definition) is 1. The third-order valence-corrected chi connectivity index (χ3v) is 5.27. The maximum atomic E-state index is 13.2. The Labute approximate surface area is 157 Å². The molecule has 2 fully saturated rings. The topological polar surface area (TPSA) is 54.7 Å². The molecule has 0 aromatic carbocycles. The zero-order chi connectivity index (χ0) is 19.5. The van der Waals surface area contributed by atoms with Gasteiger partial charge in [0.1, 0.15) is 0 Å². The Morgan fingerprint density at radius 2 is 2.15 bits per heavy atom. The Kier molecular flexibility index (Phi) is 5.98. The van der Waals surface area contributed by atoms with Crippen LogP contribution in [0.1, 0.15) is 43.9 Å². The van der Waals surface area contributed by atoms with Crippen molar-refractivity contribution in [1.82, 2.24) is 20.0 Å². The number of alkyl halides is 3. The van der Waals surface area contributed by atoms with Gasteiger partial charge in [0.2, 0.25) is 0 Å². The lowest BCUT2D eigenvalue weighted by Gasteiger charge is -2.45. The predicted molar refractivity (Wildman–Crippen MR) is 96.3 cm³/mol. The van der Waals surface area contributed by atoms with Crippen LogP contribution in [-0.4, -0.2) is 53.5 Å². The molecule has 2 saturated heterocycles. The average Bonchev–Trinajstić information content (AvgIpc) is 3.00. The number of nitrogens with zero attached hydrogens (tertiary/aromatic N) is 4. The van der Waals surface area contributed by atoms with E-state index >= 15 is 0 Å². The summed E-state index contributed by atoms with van der Waals surface area (Å²) in [4.78, 5) is 6.68. The lowest BCUT2D eigenvalue weighted by Crippen LogP contribution is -2.53. The molecule has 3 heterocycles. The highest BCUT2D eigenvalue weighted by Crippen LogP contribution is 2.37. The van der Waals surface area contributed by atoms with Gasteiger partial charge >= 0.3 is 6.18 Å². The predicted octanol–water partition coefficient (Wildman–Crippen LogP) is 2.80. The van der Waals surface area contributed by atoms with Crippen molar-refractivity contribution in [1.29, 1.82) is 0 Å². The molecule has 27 heavy (non-hydrogen) atoms. The van der Waals surface area contributed by atoms with Crippen molar-refractivity contribution in [2.45, 2.75) is 45.3 Å². The Hall–Kier alpha value is -1.77. The summed E-state index contributed by atoms with van der Waals surface area (Å²) < 4.78 is 46.4. The van der Waals surface area contributed by atoms with Gasteiger partial charge < -0.3 is 15.0 Å². The summed E-state index contributed by atoms with van der Waals surface area (Å²) in [5.74, 6) is 0.666. The van der Waals surface area contributed by atoms with Crippen LogP contribution in [0.4, 0.5) is 13.2 Å². The first kappa shape index (κ1) is 20.0. The van der Waals surface area contributed by atoms with Crippen LogP contribution in [0.2, 0.25) is 0 Å². The van der Waals surface area contributed by atoms with Gasteiger partial charge in [-0.3, -0.25) is 4.68 Å². The van der Waals surface area contributed by atoms with Crippen LogP contribution in [0.3, 0.4) is 0 Å². The average molecular weight is 387 g/mol. The summed E-state index contributed by atoms with van der Waals surface area (Å²) in [7, 11) is 1.49. The van der Waals surface area contributed by atoms with E-state index < -0.39 is 11.9 Å². The monoisotopic (exact) mass is 387 g/mol. The van der Waals surface area contributed by atoms with Gasteiger partial charge in [0.15, 0.2) is 11.7 Å². The molecule has 0 aliphatic carbocycles. The molecule has 1 atom stereocenters. The van der Waals surface area contributed by atoms with Crippen molar-refractivity contribution in [2.24, 2.45) is 17.5 Å². The first-order valence-corrected chi connectivity index (χ1v) is 9.54. The van der Waals surface area contributed by atoms with E-state index in [-0.39, 0.29) is 17.5 Å². The molecule has 1 spiro atoms. The van der Waals surface area contributed by atoms with Crippen molar-refractivity contribution in [3.8, 4) is 0 Å². The van der Waals surface area contributed by atoms with Gasteiger partial charge in [0.25, 0.3) is 0 Å². The molecule has 9 heteroatoms. The summed E-state index contributed by atoms with van der Waals surface area (Å²) in [6.07, 6.45) is 1.27. The van der Waals surface area contributed by atoms with Gasteiger partial charge in [-0.2, -0.15) is 18.3 Å². The molecule has 1 aromatic heterocycles. The first-order chi connectivity index (χ1) is 12.8. The molecule has 6 nitrogen and oxygen atoms in total. The molecule has 0 amide bonds. The highest BCUT2D eigenvalue weighted by molar-refractivity contribution is 5.80. The Balaban J connectivity index is 1.77. The quantitative estimate of drug-likeness (QED) is 0.640. The molecule has 1 N–H and O–H groups in total. The number of hydrogen-bond acceptors (Lipinski definition) is 3. The van der Waals surface area contributed by atoms with Crippen molar-refractivity contribution in [2.75, 3.05) is 32.8 Å². The molecule has 3 rings (SSSR count). The number of rotatable bonds is 3. The zero-order valence-corrected chi connectivity index (χ0v) is 16.0. The lowest BCUT2D eigenvalue weighted by atomic mass is 9.76. The number of guanidine groups is 1. The zero-order valence-electron chi connectivity index (χ0n) is 16.0. The van der Waals surface area contributed by atoms with E-state index in [1.54, 1.807) is 0 Å².